The molecule has 3 amide bonds. The van der Waals surface area contributed by atoms with Crippen LogP contribution >= 0.6 is 15.9 Å². The molecule has 0 aliphatic carbocycles. The molecule has 0 aromatic heterocycles. The van der Waals surface area contributed by atoms with Crippen LogP contribution in [0.5, 0.6) is 0 Å². The molecule has 7 heteroatoms. The number of amides is 3. The highest BCUT2D eigenvalue weighted by Gasteiger charge is 2.30. The third-order valence-electron chi connectivity index (χ3n) is 5.23. The Hall–Kier alpha value is -2.38. The van der Waals surface area contributed by atoms with Gasteiger partial charge in [0.15, 0.2) is 0 Å². The number of piperazine rings is 1. The zero-order valence-electron chi connectivity index (χ0n) is 17.5. The van der Waals surface area contributed by atoms with Crippen molar-refractivity contribution in [1.82, 2.24) is 15.1 Å². The minimum atomic E-state index is -0.558. The quantitative estimate of drug-likeness (QED) is 0.668. The van der Waals surface area contributed by atoms with Gasteiger partial charge >= 0.3 is 6.03 Å². The lowest BCUT2D eigenvalue weighted by atomic mass is 10.0. The molecule has 1 aliphatic rings. The zero-order chi connectivity index (χ0) is 21.5. The molecule has 0 bridgehead atoms. The molecule has 0 radical (unpaired) electrons. The number of anilines is 1. The number of rotatable bonds is 6. The molecule has 1 saturated heterocycles. The van der Waals surface area contributed by atoms with Crippen LogP contribution < -0.4 is 10.6 Å². The highest BCUT2D eigenvalue weighted by molar-refractivity contribution is 9.10. The lowest BCUT2D eigenvalue weighted by Gasteiger charge is -2.37. The summed E-state index contributed by atoms with van der Waals surface area (Å²) >= 11 is 3.39. The van der Waals surface area contributed by atoms with Gasteiger partial charge in [0.2, 0.25) is 5.91 Å². The Morgan fingerprint density at radius 3 is 2.33 bits per heavy atom. The van der Waals surface area contributed by atoms with Crippen LogP contribution in [0.25, 0.3) is 0 Å². The van der Waals surface area contributed by atoms with Crippen molar-refractivity contribution in [1.29, 1.82) is 0 Å². The normalized spacial score (nSPS) is 15.7. The summed E-state index contributed by atoms with van der Waals surface area (Å²) in [5.41, 5.74) is 1.95. The van der Waals surface area contributed by atoms with Crippen LogP contribution in [0, 0.1) is 5.92 Å². The van der Waals surface area contributed by atoms with Gasteiger partial charge in [0.1, 0.15) is 6.04 Å². The van der Waals surface area contributed by atoms with E-state index in [4.69, 9.17) is 0 Å². The fraction of sp³-hybridized carbons (Fsp3) is 0.391. The molecular weight excluding hydrogens is 444 g/mol. The molecule has 0 saturated carbocycles. The van der Waals surface area contributed by atoms with Crippen molar-refractivity contribution in [3.8, 4) is 0 Å². The molecule has 160 valence electrons. The van der Waals surface area contributed by atoms with E-state index in [2.05, 4.69) is 43.6 Å². The molecule has 2 aromatic carbocycles. The Bertz CT molecular complexity index is 851. The highest BCUT2D eigenvalue weighted by Crippen LogP contribution is 2.16. The van der Waals surface area contributed by atoms with E-state index in [9.17, 15) is 9.59 Å². The summed E-state index contributed by atoms with van der Waals surface area (Å²) in [6, 6.07) is 16.8. The Kier molecular flexibility index (Phi) is 7.87. The molecule has 1 unspecified atom stereocenters. The maximum atomic E-state index is 13.1. The Labute approximate surface area is 186 Å². The number of hydrogen-bond acceptors (Lipinski definition) is 3. The first-order valence-corrected chi connectivity index (χ1v) is 11.1. The number of carbonyl (C=O) groups excluding carboxylic acids is 2. The molecular formula is C23H29BrN4O2. The summed E-state index contributed by atoms with van der Waals surface area (Å²) in [4.78, 5) is 29.8. The van der Waals surface area contributed by atoms with Crippen LogP contribution in [0.1, 0.15) is 19.4 Å². The monoisotopic (exact) mass is 472 g/mol. The van der Waals surface area contributed by atoms with E-state index in [0.29, 0.717) is 18.8 Å². The minimum Gasteiger partial charge on any atom is -0.338 e. The lowest BCUT2D eigenvalue weighted by Crippen LogP contribution is -2.56. The van der Waals surface area contributed by atoms with Gasteiger partial charge in [0, 0.05) is 42.9 Å². The lowest BCUT2D eigenvalue weighted by molar-refractivity contribution is -0.136. The first kappa shape index (κ1) is 22.3. The summed E-state index contributed by atoms with van der Waals surface area (Å²) in [6.07, 6.45) is 0. The fourth-order valence-corrected chi connectivity index (χ4v) is 3.95. The molecule has 1 atom stereocenters. The Balaban J connectivity index is 1.53. The predicted molar refractivity (Wildman–Crippen MR) is 123 cm³/mol. The van der Waals surface area contributed by atoms with E-state index >= 15 is 0 Å². The maximum Gasteiger partial charge on any atom is 0.319 e. The van der Waals surface area contributed by atoms with Gasteiger partial charge in [-0.15, -0.1) is 0 Å². The van der Waals surface area contributed by atoms with Crippen molar-refractivity contribution >= 4 is 33.6 Å². The van der Waals surface area contributed by atoms with Gasteiger partial charge in [-0.05, 0) is 29.7 Å². The molecule has 2 aromatic rings. The van der Waals surface area contributed by atoms with Crippen LogP contribution in [0.15, 0.2) is 59.1 Å². The Morgan fingerprint density at radius 2 is 1.70 bits per heavy atom. The first-order valence-electron chi connectivity index (χ1n) is 10.3. The van der Waals surface area contributed by atoms with Crippen molar-refractivity contribution in [3.63, 3.8) is 0 Å². The van der Waals surface area contributed by atoms with E-state index in [0.717, 1.165) is 24.1 Å². The molecule has 30 heavy (non-hydrogen) atoms. The summed E-state index contributed by atoms with van der Waals surface area (Å²) in [7, 11) is 0. The number of carbonyl (C=O) groups is 2. The average molecular weight is 473 g/mol. The van der Waals surface area contributed by atoms with Crippen molar-refractivity contribution < 1.29 is 9.59 Å². The van der Waals surface area contributed by atoms with Crippen LogP contribution in [-0.2, 0) is 11.3 Å². The van der Waals surface area contributed by atoms with Crippen molar-refractivity contribution in [2.45, 2.75) is 26.4 Å². The summed E-state index contributed by atoms with van der Waals surface area (Å²) in [5.74, 6) is -0.0261. The van der Waals surface area contributed by atoms with Crippen molar-refractivity contribution in [2.75, 3.05) is 31.5 Å². The van der Waals surface area contributed by atoms with Gasteiger partial charge in [0.25, 0.3) is 0 Å². The van der Waals surface area contributed by atoms with Gasteiger partial charge in [-0.3, -0.25) is 9.69 Å². The maximum absolute atomic E-state index is 13.1. The SMILES string of the molecule is CC(C)C(NC(=O)Nc1cccc(Br)c1)C(=O)N1CCN(Cc2ccccc2)CC1. The smallest absolute Gasteiger partial charge is 0.319 e. The number of nitrogens with one attached hydrogen (secondary N) is 2. The van der Waals surface area contributed by atoms with Crippen LogP contribution in [0.2, 0.25) is 0 Å². The molecule has 1 fully saturated rings. The molecule has 6 nitrogen and oxygen atoms in total. The number of nitrogens with zero attached hydrogens (tertiary/aromatic N) is 2. The van der Waals surface area contributed by atoms with E-state index in [1.54, 1.807) is 0 Å². The molecule has 3 rings (SSSR count). The zero-order valence-corrected chi connectivity index (χ0v) is 19.1. The standard InChI is InChI=1S/C23H29BrN4O2/c1-17(2)21(26-23(30)25-20-10-6-9-19(24)15-20)22(29)28-13-11-27(12-14-28)16-18-7-4-3-5-8-18/h3-10,15,17,21H,11-14,16H2,1-2H3,(H2,25,26,30). The van der Waals surface area contributed by atoms with E-state index < -0.39 is 6.04 Å². The van der Waals surface area contributed by atoms with E-state index in [1.165, 1.54) is 5.56 Å². The second-order valence-corrected chi connectivity index (χ2v) is 8.83. The molecule has 1 heterocycles. The van der Waals surface area contributed by atoms with E-state index in [-0.39, 0.29) is 17.9 Å². The minimum absolute atomic E-state index is 0.00638. The van der Waals surface area contributed by atoms with Gasteiger partial charge in [-0.25, -0.2) is 4.79 Å². The van der Waals surface area contributed by atoms with Crippen LogP contribution in [-0.4, -0.2) is 54.0 Å². The second-order valence-electron chi connectivity index (χ2n) is 7.92. The molecule has 2 N–H and O–H groups in total. The van der Waals surface area contributed by atoms with Gasteiger partial charge < -0.3 is 15.5 Å². The third-order valence-corrected chi connectivity index (χ3v) is 5.73. The van der Waals surface area contributed by atoms with Crippen molar-refractivity contribution in [3.05, 3.63) is 64.6 Å². The topological polar surface area (TPSA) is 64.7 Å². The van der Waals surface area contributed by atoms with Crippen LogP contribution in [0.4, 0.5) is 10.5 Å². The van der Waals surface area contributed by atoms with Crippen LogP contribution in [0.3, 0.4) is 0 Å². The summed E-state index contributed by atoms with van der Waals surface area (Å²) < 4.78 is 0.880. The Morgan fingerprint density at radius 1 is 1.00 bits per heavy atom. The number of urea groups is 1. The summed E-state index contributed by atoms with van der Waals surface area (Å²) in [5, 5.41) is 5.66. The predicted octanol–water partition coefficient (Wildman–Crippen LogP) is 3.94. The van der Waals surface area contributed by atoms with Crippen molar-refractivity contribution in [2.24, 2.45) is 5.92 Å². The fourth-order valence-electron chi connectivity index (χ4n) is 3.55. The first-order chi connectivity index (χ1) is 14.4. The molecule has 1 aliphatic heterocycles. The average Bonchev–Trinajstić information content (AvgIpc) is 2.73. The number of halogens is 1. The largest absolute Gasteiger partial charge is 0.338 e. The van der Waals surface area contributed by atoms with Gasteiger partial charge in [0.05, 0.1) is 0 Å². The van der Waals surface area contributed by atoms with E-state index in [1.807, 2.05) is 61.2 Å². The summed E-state index contributed by atoms with van der Waals surface area (Å²) in [6.45, 7) is 7.80. The highest BCUT2D eigenvalue weighted by atomic mass is 79.9. The van der Waals surface area contributed by atoms with Gasteiger partial charge in [-0.1, -0.05) is 66.2 Å². The second kappa shape index (κ2) is 10.6. The van der Waals surface area contributed by atoms with Gasteiger partial charge in [-0.2, -0.15) is 0 Å². The molecule has 0 spiro atoms. The number of hydrogen-bond donors (Lipinski definition) is 2. The number of benzene rings is 2. The third kappa shape index (κ3) is 6.31.